The molecule has 1 aromatic carbocycles. The van der Waals surface area contributed by atoms with Crippen molar-refractivity contribution in [1.82, 2.24) is 9.62 Å². The van der Waals surface area contributed by atoms with Gasteiger partial charge in [-0.1, -0.05) is 43.7 Å². The van der Waals surface area contributed by atoms with Crippen LogP contribution in [0, 0.1) is 12.8 Å². The van der Waals surface area contributed by atoms with Crippen molar-refractivity contribution in [2.24, 2.45) is 5.92 Å². The minimum atomic E-state index is -3.45. The average Bonchev–Trinajstić information content (AvgIpc) is 2.39. The molecule has 0 saturated heterocycles. The molecule has 6 heteroatoms. The molecular weight excluding hydrogens is 300 g/mol. The number of benzene rings is 1. The number of carbonyl (C=O) groups excluding carboxylic acids is 1. The number of nitrogens with zero attached hydrogens (tertiary/aromatic N) is 1. The van der Waals surface area contributed by atoms with Gasteiger partial charge in [-0.05, 0) is 25.3 Å². The van der Waals surface area contributed by atoms with Crippen LogP contribution in [0.1, 0.15) is 31.9 Å². The molecule has 22 heavy (non-hydrogen) atoms. The summed E-state index contributed by atoms with van der Waals surface area (Å²) in [4.78, 5) is 12.0. The fourth-order valence-corrected chi connectivity index (χ4v) is 2.55. The number of hydrogen-bond donors (Lipinski definition) is 1. The molecule has 0 aliphatic heterocycles. The first-order valence-corrected chi connectivity index (χ1v) is 9.24. The molecule has 0 heterocycles. The molecule has 0 saturated carbocycles. The van der Waals surface area contributed by atoms with Gasteiger partial charge < -0.3 is 5.32 Å². The lowest BCUT2D eigenvalue weighted by molar-refractivity contribution is -0.122. The average molecular weight is 326 g/mol. The molecule has 0 aliphatic carbocycles. The second kappa shape index (κ2) is 7.74. The van der Waals surface area contributed by atoms with E-state index in [0.29, 0.717) is 5.92 Å². The molecule has 0 aliphatic rings. The van der Waals surface area contributed by atoms with Crippen molar-refractivity contribution in [2.75, 3.05) is 12.8 Å². The Labute approximate surface area is 133 Å². The van der Waals surface area contributed by atoms with Crippen LogP contribution in [-0.2, 0) is 21.4 Å². The fraction of sp³-hybridized carbons (Fsp3) is 0.562. The maximum atomic E-state index is 12.0. The van der Waals surface area contributed by atoms with Crippen LogP contribution in [-0.4, -0.2) is 37.5 Å². The van der Waals surface area contributed by atoms with E-state index < -0.39 is 10.0 Å². The monoisotopic (exact) mass is 326 g/mol. The molecule has 124 valence electrons. The van der Waals surface area contributed by atoms with Crippen molar-refractivity contribution in [1.29, 1.82) is 0 Å². The molecule has 0 spiro atoms. The third-order valence-electron chi connectivity index (χ3n) is 3.66. The van der Waals surface area contributed by atoms with Crippen molar-refractivity contribution < 1.29 is 13.2 Å². The predicted octanol–water partition coefficient (Wildman–Crippen LogP) is 1.92. The number of sulfonamides is 1. The highest BCUT2D eigenvalue weighted by molar-refractivity contribution is 7.88. The van der Waals surface area contributed by atoms with Crippen LogP contribution in [0.4, 0.5) is 0 Å². The first kappa shape index (κ1) is 18.6. The molecule has 0 unspecified atom stereocenters. The Morgan fingerprint density at radius 1 is 1.18 bits per heavy atom. The van der Waals surface area contributed by atoms with Crippen LogP contribution in [0.2, 0.25) is 0 Å². The number of amides is 1. The van der Waals surface area contributed by atoms with Crippen molar-refractivity contribution in [3.63, 3.8) is 0 Å². The summed E-state index contributed by atoms with van der Waals surface area (Å²) in [6.07, 6.45) is 1.13. The number of hydrogen-bond acceptors (Lipinski definition) is 3. The van der Waals surface area contributed by atoms with E-state index >= 15 is 0 Å². The van der Waals surface area contributed by atoms with Crippen molar-refractivity contribution in [2.45, 2.75) is 40.3 Å². The van der Waals surface area contributed by atoms with E-state index in [1.54, 1.807) is 0 Å². The quantitative estimate of drug-likeness (QED) is 0.832. The van der Waals surface area contributed by atoms with Crippen molar-refractivity contribution in [3.8, 4) is 0 Å². The highest BCUT2D eigenvalue weighted by Gasteiger charge is 2.21. The molecule has 0 fully saturated rings. The van der Waals surface area contributed by atoms with E-state index in [1.807, 2.05) is 52.0 Å². The van der Waals surface area contributed by atoms with Crippen LogP contribution in [0.5, 0.6) is 0 Å². The smallest absolute Gasteiger partial charge is 0.235 e. The van der Waals surface area contributed by atoms with Gasteiger partial charge in [0.2, 0.25) is 15.9 Å². The summed E-state index contributed by atoms with van der Waals surface area (Å²) >= 11 is 0. The lowest BCUT2D eigenvalue weighted by atomic mass is 10.1. The second-order valence-electron chi connectivity index (χ2n) is 6.12. The normalized spacial score (nSPS) is 13.4. The summed E-state index contributed by atoms with van der Waals surface area (Å²) in [5, 5.41) is 2.83. The highest BCUT2D eigenvalue weighted by atomic mass is 32.2. The summed E-state index contributed by atoms with van der Waals surface area (Å²) in [5.74, 6) is 0.0199. The van der Waals surface area contributed by atoms with Gasteiger partial charge in [0, 0.05) is 12.6 Å². The lowest BCUT2D eigenvalue weighted by Crippen LogP contribution is -2.44. The molecular formula is C16H26N2O3S. The Morgan fingerprint density at radius 3 is 2.18 bits per heavy atom. The summed E-state index contributed by atoms with van der Waals surface area (Å²) in [6, 6.07) is 7.62. The van der Waals surface area contributed by atoms with E-state index in [0.717, 1.165) is 17.4 Å². The minimum Gasteiger partial charge on any atom is -0.352 e. The van der Waals surface area contributed by atoms with E-state index in [2.05, 4.69) is 5.32 Å². The molecule has 5 nitrogen and oxygen atoms in total. The summed E-state index contributed by atoms with van der Waals surface area (Å²) in [6.45, 7) is 7.93. The van der Waals surface area contributed by atoms with Crippen molar-refractivity contribution in [3.05, 3.63) is 35.4 Å². The van der Waals surface area contributed by atoms with Gasteiger partial charge in [0.1, 0.15) is 0 Å². The highest BCUT2D eigenvalue weighted by Crippen LogP contribution is 2.10. The molecule has 0 bridgehead atoms. The van der Waals surface area contributed by atoms with Crippen LogP contribution in [0.15, 0.2) is 24.3 Å². The van der Waals surface area contributed by atoms with Gasteiger partial charge in [-0.25, -0.2) is 8.42 Å². The predicted molar refractivity (Wildman–Crippen MR) is 88.9 cm³/mol. The number of carbonyl (C=O) groups is 1. The maximum absolute atomic E-state index is 12.0. The molecule has 0 radical (unpaired) electrons. The number of nitrogens with one attached hydrogen (secondary N) is 1. The first-order chi connectivity index (χ1) is 10.1. The second-order valence-corrected chi connectivity index (χ2v) is 8.10. The van der Waals surface area contributed by atoms with Gasteiger partial charge in [-0.2, -0.15) is 4.31 Å². The Bertz CT molecular complexity index is 594. The van der Waals surface area contributed by atoms with Gasteiger partial charge in [-0.3, -0.25) is 4.79 Å². The topological polar surface area (TPSA) is 66.5 Å². The number of rotatable bonds is 7. The zero-order valence-corrected chi connectivity index (χ0v) is 14.8. The minimum absolute atomic E-state index is 0.00767. The van der Waals surface area contributed by atoms with Gasteiger partial charge >= 0.3 is 0 Å². The van der Waals surface area contributed by atoms with E-state index in [9.17, 15) is 13.2 Å². The third kappa shape index (κ3) is 6.15. The zero-order valence-electron chi connectivity index (χ0n) is 14.0. The van der Waals surface area contributed by atoms with Crippen LogP contribution < -0.4 is 5.32 Å². The van der Waals surface area contributed by atoms with Gasteiger partial charge in [0.25, 0.3) is 0 Å². The molecule has 1 amide bonds. The van der Waals surface area contributed by atoms with Gasteiger partial charge in [-0.15, -0.1) is 0 Å². The molecule has 1 atom stereocenters. The molecule has 1 aromatic rings. The maximum Gasteiger partial charge on any atom is 0.235 e. The summed E-state index contributed by atoms with van der Waals surface area (Å²) in [7, 11) is -3.45. The SMILES string of the molecule is Cc1ccc(CN(CC(=O)N[C@H](C)C(C)C)S(C)(=O)=O)cc1. The molecule has 1 N–H and O–H groups in total. The Kier molecular flexibility index (Phi) is 6.56. The van der Waals surface area contributed by atoms with Crippen LogP contribution in [0.25, 0.3) is 0 Å². The van der Waals surface area contributed by atoms with E-state index in [-0.39, 0.29) is 25.0 Å². The lowest BCUT2D eigenvalue weighted by Gasteiger charge is -2.22. The largest absolute Gasteiger partial charge is 0.352 e. The standard InChI is InChI=1S/C16H26N2O3S/c1-12(2)14(4)17-16(19)11-18(22(5,20)21)10-15-8-6-13(3)7-9-15/h6-9,12,14H,10-11H2,1-5H3,(H,17,19)/t14-/m1/s1. The van der Waals surface area contributed by atoms with Crippen molar-refractivity contribution >= 4 is 15.9 Å². The Hall–Kier alpha value is -1.40. The zero-order chi connectivity index (χ0) is 16.9. The Morgan fingerprint density at radius 2 is 1.73 bits per heavy atom. The van der Waals surface area contributed by atoms with Crippen LogP contribution in [0.3, 0.4) is 0 Å². The summed E-state index contributed by atoms with van der Waals surface area (Å²) < 4.78 is 25.0. The van der Waals surface area contributed by atoms with Crippen LogP contribution >= 0.6 is 0 Å². The Balaban J connectivity index is 2.78. The molecule has 1 rings (SSSR count). The third-order valence-corrected chi connectivity index (χ3v) is 4.85. The molecule has 0 aromatic heterocycles. The van der Waals surface area contributed by atoms with E-state index in [4.69, 9.17) is 0 Å². The number of aryl methyl sites for hydroxylation is 1. The van der Waals surface area contributed by atoms with Gasteiger partial charge in [0.15, 0.2) is 0 Å². The van der Waals surface area contributed by atoms with Gasteiger partial charge in [0.05, 0.1) is 12.8 Å². The first-order valence-electron chi connectivity index (χ1n) is 7.39. The summed E-state index contributed by atoms with van der Waals surface area (Å²) in [5.41, 5.74) is 1.97. The fourth-order valence-electron chi connectivity index (χ4n) is 1.81. The van der Waals surface area contributed by atoms with E-state index in [1.165, 1.54) is 4.31 Å².